The fourth-order valence-corrected chi connectivity index (χ4v) is 4.18. The van der Waals surface area contributed by atoms with E-state index in [9.17, 15) is 0 Å². The maximum atomic E-state index is 5.82. The highest BCUT2D eigenvalue weighted by Crippen LogP contribution is 2.40. The molecule has 0 saturated heterocycles. The van der Waals surface area contributed by atoms with Crippen LogP contribution in [0.4, 0.5) is 0 Å². The molecule has 2 aromatic carbocycles. The fourth-order valence-electron chi connectivity index (χ4n) is 4.18. The molecule has 1 aliphatic rings. The van der Waals surface area contributed by atoms with Gasteiger partial charge in [0.15, 0.2) is 0 Å². The second kappa shape index (κ2) is 11.1. The molecule has 0 fully saturated rings. The molecule has 2 aromatic rings. The van der Waals surface area contributed by atoms with Crippen molar-refractivity contribution in [2.24, 2.45) is 5.41 Å². The zero-order valence-corrected chi connectivity index (χ0v) is 19.5. The summed E-state index contributed by atoms with van der Waals surface area (Å²) in [6.07, 6.45) is 14.9. The van der Waals surface area contributed by atoms with Crippen molar-refractivity contribution in [3.05, 3.63) is 112 Å². The molecular weight excluding hydrogens is 376 g/mol. The Labute approximate surface area is 188 Å². The first-order chi connectivity index (χ1) is 14.9. The van der Waals surface area contributed by atoms with Crippen molar-refractivity contribution in [3.8, 4) is 0 Å². The standard InChI is InChI=1S/C30H36O/c1-24(15-20-29-25(2)11-9-21-30(29,3)4)10-8-14-26-16-18-28(19-17-26)23-31-22-27-12-6-5-7-13-27/h5-8,10,12-20H,9,11,21-23H2,1-4H3/b14-8+,20-15+,24-10+. The Bertz CT molecular complexity index is 953. The third-order valence-corrected chi connectivity index (χ3v) is 6.06. The van der Waals surface area contributed by atoms with Crippen molar-refractivity contribution in [2.75, 3.05) is 0 Å². The monoisotopic (exact) mass is 412 g/mol. The second-order valence-corrected chi connectivity index (χ2v) is 9.25. The second-order valence-electron chi connectivity index (χ2n) is 9.25. The zero-order valence-electron chi connectivity index (χ0n) is 19.5. The van der Waals surface area contributed by atoms with Gasteiger partial charge in [-0.2, -0.15) is 0 Å². The van der Waals surface area contributed by atoms with Gasteiger partial charge in [-0.05, 0) is 60.8 Å². The van der Waals surface area contributed by atoms with E-state index >= 15 is 0 Å². The lowest BCUT2D eigenvalue weighted by molar-refractivity contribution is 0.107. The van der Waals surface area contributed by atoms with Crippen LogP contribution in [0, 0.1) is 5.41 Å². The molecule has 0 atom stereocenters. The molecule has 1 heteroatoms. The van der Waals surface area contributed by atoms with E-state index in [1.54, 1.807) is 5.57 Å². The summed E-state index contributed by atoms with van der Waals surface area (Å²) >= 11 is 0. The molecule has 0 unspecified atom stereocenters. The van der Waals surface area contributed by atoms with Gasteiger partial charge in [0.05, 0.1) is 13.2 Å². The molecule has 3 rings (SSSR count). The number of hydrogen-bond acceptors (Lipinski definition) is 1. The minimum absolute atomic E-state index is 0.293. The molecular formula is C30H36O. The third-order valence-electron chi connectivity index (χ3n) is 6.06. The Balaban J connectivity index is 1.51. The van der Waals surface area contributed by atoms with Crippen molar-refractivity contribution in [3.63, 3.8) is 0 Å². The van der Waals surface area contributed by atoms with Crippen molar-refractivity contribution < 1.29 is 4.74 Å². The van der Waals surface area contributed by atoms with Crippen molar-refractivity contribution >= 4 is 6.08 Å². The predicted molar refractivity (Wildman–Crippen MR) is 134 cm³/mol. The summed E-state index contributed by atoms with van der Waals surface area (Å²) in [5.41, 5.74) is 8.22. The fraction of sp³-hybridized carbons (Fsp3) is 0.333. The lowest BCUT2D eigenvalue weighted by Crippen LogP contribution is -2.19. The van der Waals surface area contributed by atoms with Crippen LogP contribution in [-0.4, -0.2) is 0 Å². The Kier molecular flexibility index (Phi) is 8.26. The Morgan fingerprint density at radius 1 is 0.935 bits per heavy atom. The Morgan fingerprint density at radius 2 is 1.61 bits per heavy atom. The Morgan fingerprint density at radius 3 is 2.29 bits per heavy atom. The van der Waals surface area contributed by atoms with Crippen LogP contribution in [0.2, 0.25) is 0 Å². The van der Waals surface area contributed by atoms with Gasteiger partial charge >= 0.3 is 0 Å². The zero-order chi connectivity index (χ0) is 22.1. The van der Waals surface area contributed by atoms with Crippen LogP contribution in [0.3, 0.4) is 0 Å². The van der Waals surface area contributed by atoms with E-state index in [1.807, 2.05) is 18.2 Å². The molecule has 1 aliphatic carbocycles. The van der Waals surface area contributed by atoms with E-state index in [-0.39, 0.29) is 0 Å². The molecule has 0 bridgehead atoms. The molecule has 162 valence electrons. The van der Waals surface area contributed by atoms with Crippen LogP contribution >= 0.6 is 0 Å². The van der Waals surface area contributed by atoms with Gasteiger partial charge in [-0.25, -0.2) is 0 Å². The smallest absolute Gasteiger partial charge is 0.0721 e. The number of rotatable bonds is 8. The van der Waals surface area contributed by atoms with Gasteiger partial charge in [-0.1, -0.05) is 110 Å². The van der Waals surface area contributed by atoms with Crippen LogP contribution in [0.1, 0.15) is 63.6 Å². The highest BCUT2D eigenvalue weighted by Gasteiger charge is 2.26. The molecule has 1 nitrogen and oxygen atoms in total. The van der Waals surface area contributed by atoms with Crippen LogP contribution in [-0.2, 0) is 18.0 Å². The van der Waals surface area contributed by atoms with Crippen LogP contribution in [0.15, 0.2) is 95.6 Å². The lowest BCUT2D eigenvalue weighted by Gasteiger charge is -2.32. The number of benzene rings is 2. The molecule has 0 N–H and O–H groups in total. The maximum Gasteiger partial charge on any atom is 0.0721 e. The van der Waals surface area contributed by atoms with Crippen LogP contribution in [0.25, 0.3) is 6.08 Å². The van der Waals surface area contributed by atoms with E-state index in [0.29, 0.717) is 18.6 Å². The maximum absolute atomic E-state index is 5.82. The first kappa shape index (κ1) is 23.0. The van der Waals surface area contributed by atoms with Crippen LogP contribution in [0.5, 0.6) is 0 Å². The molecule has 31 heavy (non-hydrogen) atoms. The third kappa shape index (κ3) is 7.22. The van der Waals surface area contributed by atoms with Gasteiger partial charge in [-0.3, -0.25) is 0 Å². The lowest BCUT2D eigenvalue weighted by atomic mass is 9.72. The van der Waals surface area contributed by atoms with Gasteiger partial charge in [0.25, 0.3) is 0 Å². The molecule has 0 saturated carbocycles. The van der Waals surface area contributed by atoms with Gasteiger partial charge in [0, 0.05) is 0 Å². The van der Waals surface area contributed by atoms with Gasteiger partial charge in [0.2, 0.25) is 0 Å². The number of hydrogen-bond donors (Lipinski definition) is 0. The van der Waals surface area contributed by atoms with E-state index in [4.69, 9.17) is 4.74 Å². The molecule has 0 aliphatic heterocycles. The average molecular weight is 413 g/mol. The van der Waals surface area contributed by atoms with Crippen molar-refractivity contribution in [1.29, 1.82) is 0 Å². The summed E-state index contributed by atoms with van der Waals surface area (Å²) in [6.45, 7) is 10.5. The van der Waals surface area contributed by atoms with Gasteiger partial charge in [0.1, 0.15) is 0 Å². The SMILES string of the molecule is CC1=C(/C=C/C(C)=C/C=C/c2ccc(COCc3ccccc3)cc2)C(C)(C)CCC1. The van der Waals surface area contributed by atoms with Crippen molar-refractivity contribution in [2.45, 2.75) is 60.2 Å². The predicted octanol–water partition coefficient (Wildman–Crippen LogP) is 8.45. The van der Waals surface area contributed by atoms with E-state index in [0.717, 1.165) is 0 Å². The van der Waals surface area contributed by atoms with E-state index < -0.39 is 0 Å². The van der Waals surface area contributed by atoms with Crippen molar-refractivity contribution in [1.82, 2.24) is 0 Å². The summed E-state index contributed by atoms with van der Waals surface area (Å²) in [7, 11) is 0. The summed E-state index contributed by atoms with van der Waals surface area (Å²) in [6, 6.07) is 18.9. The normalized spacial score (nSPS) is 17.1. The highest BCUT2D eigenvalue weighted by atomic mass is 16.5. The van der Waals surface area contributed by atoms with Crippen LogP contribution < -0.4 is 0 Å². The molecule has 0 spiro atoms. The molecule has 0 radical (unpaired) electrons. The first-order valence-corrected chi connectivity index (χ1v) is 11.4. The minimum Gasteiger partial charge on any atom is -0.372 e. The molecule has 0 amide bonds. The minimum atomic E-state index is 0.293. The van der Waals surface area contributed by atoms with Gasteiger partial charge in [-0.15, -0.1) is 0 Å². The summed E-state index contributed by atoms with van der Waals surface area (Å²) in [5.74, 6) is 0. The summed E-state index contributed by atoms with van der Waals surface area (Å²) in [5, 5.41) is 0. The first-order valence-electron chi connectivity index (χ1n) is 11.4. The number of ether oxygens (including phenoxy) is 1. The summed E-state index contributed by atoms with van der Waals surface area (Å²) < 4.78 is 5.82. The molecule has 0 aromatic heterocycles. The quantitative estimate of drug-likeness (QED) is 0.395. The molecule has 0 heterocycles. The van der Waals surface area contributed by atoms with E-state index in [1.165, 1.54) is 47.1 Å². The largest absolute Gasteiger partial charge is 0.372 e. The highest BCUT2D eigenvalue weighted by molar-refractivity contribution is 5.52. The summed E-state index contributed by atoms with van der Waals surface area (Å²) in [4.78, 5) is 0. The Hall–Kier alpha value is -2.64. The topological polar surface area (TPSA) is 9.23 Å². The van der Waals surface area contributed by atoms with E-state index in [2.05, 4.69) is 94.5 Å². The number of allylic oxidation sites excluding steroid dienone is 7. The van der Waals surface area contributed by atoms with Gasteiger partial charge < -0.3 is 4.74 Å². The average Bonchev–Trinajstić information content (AvgIpc) is 2.75.